The van der Waals surface area contributed by atoms with Gasteiger partial charge in [0.25, 0.3) is 5.91 Å². The van der Waals surface area contributed by atoms with Crippen LogP contribution in [0, 0.1) is 19.7 Å². The summed E-state index contributed by atoms with van der Waals surface area (Å²) in [6.07, 6.45) is 2.14. The average molecular weight is 370 g/mol. The second-order valence-corrected chi connectivity index (χ2v) is 7.23. The summed E-state index contributed by atoms with van der Waals surface area (Å²) >= 11 is 0. The van der Waals surface area contributed by atoms with Crippen molar-refractivity contribution in [2.24, 2.45) is 0 Å². The van der Waals surface area contributed by atoms with Gasteiger partial charge < -0.3 is 10.2 Å². The van der Waals surface area contributed by atoms with E-state index in [2.05, 4.69) is 10.6 Å². The highest BCUT2D eigenvalue weighted by Gasteiger charge is 2.34. The van der Waals surface area contributed by atoms with Gasteiger partial charge in [-0.25, -0.2) is 9.18 Å². The second-order valence-electron chi connectivity index (χ2n) is 7.23. The average Bonchev–Trinajstić information content (AvgIpc) is 3.44. The van der Waals surface area contributed by atoms with Gasteiger partial charge in [-0.05, 0) is 37.6 Å². The molecule has 0 saturated heterocycles. The monoisotopic (exact) mass is 370 g/mol. The highest BCUT2D eigenvalue weighted by Crippen LogP contribution is 2.16. The fourth-order valence-corrected chi connectivity index (χ4v) is 3.19. The number of hydrogen-bond acceptors (Lipinski definition) is 2. The molecule has 0 bridgehead atoms. The number of carbonyl (C=O) groups excluding carboxylic acids is 2. The molecule has 1 saturated carbocycles. The summed E-state index contributed by atoms with van der Waals surface area (Å²) in [6.45, 7) is 4.74. The van der Waals surface area contributed by atoms with E-state index < -0.39 is 6.03 Å². The van der Waals surface area contributed by atoms with Crippen molar-refractivity contribution in [2.45, 2.75) is 39.3 Å². The van der Waals surface area contributed by atoms with E-state index in [1.807, 2.05) is 32.0 Å². The Hall–Kier alpha value is -2.73. The van der Waals surface area contributed by atoms with Gasteiger partial charge in [-0.3, -0.25) is 10.1 Å². The van der Waals surface area contributed by atoms with Crippen LogP contribution in [0.5, 0.6) is 0 Å². The van der Waals surface area contributed by atoms with Gasteiger partial charge in [-0.15, -0.1) is 0 Å². The van der Waals surface area contributed by atoms with Gasteiger partial charge in [0.1, 0.15) is 12.4 Å². The van der Waals surface area contributed by atoms with E-state index in [0.717, 1.165) is 34.4 Å². The summed E-state index contributed by atoms with van der Waals surface area (Å²) in [4.78, 5) is 25.5. The number of imide groups is 1. The first-order valence-electron chi connectivity index (χ1n) is 9.18. The number of amides is 3. The lowest BCUT2D eigenvalue weighted by molar-refractivity contribution is -0.917. The predicted molar refractivity (Wildman–Crippen MR) is 102 cm³/mol. The van der Waals surface area contributed by atoms with Gasteiger partial charge in [-0.1, -0.05) is 29.8 Å². The molecular weight excluding hydrogens is 345 g/mol. The SMILES string of the molecule is Cc1ccc(NC(=O)NC(=O)C[NH+](Cc2ccc(F)cc2)C2CC2)c(C)c1. The smallest absolute Gasteiger partial charge is 0.321 e. The first-order valence-corrected chi connectivity index (χ1v) is 9.18. The zero-order valence-corrected chi connectivity index (χ0v) is 15.6. The molecule has 5 nitrogen and oxygen atoms in total. The third-order valence-electron chi connectivity index (χ3n) is 4.77. The number of nitrogens with one attached hydrogen (secondary N) is 3. The van der Waals surface area contributed by atoms with Crippen molar-refractivity contribution >= 4 is 17.6 Å². The normalized spacial score (nSPS) is 14.5. The van der Waals surface area contributed by atoms with Gasteiger partial charge in [-0.2, -0.15) is 0 Å². The lowest BCUT2D eigenvalue weighted by atomic mass is 10.1. The minimum atomic E-state index is -0.524. The largest absolute Gasteiger partial charge is 0.326 e. The first-order chi connectivity index (χ1) is 12.9. The third-order valence-corrected chi connectivity index (χ3v) is 4.77. The van der Waals surface area contributed by atoms with E-state index in [1.54, 1.807) is 12.1 Å². The molecule has 1 fully saturated rings. The van der Waals surface area contributed by atoms with Crippen LogP contribution < -0.4 is 15.5 Å². The van der Waals surface area contributed by atoms with Crippen LogP contribution in [-0.4, -0.2) is 24.5 Å². The Kier molecular flexibility index (Phi) is 5.86. The molecule has 6 heteroatoms. The van der Waals surface area contributed by atoms with E-state index >= 15 is 0 Å². The molecular formula is C21H25FN3O2+. The summed E-state index contributed by atoms with van der Waals surface area (Å²) < 4.78 is 13.1. The topological polar surface area (TPSA) is 62.6 Å². The maximum Gasteiger partial charge on any atom is 0.326 e. The third kappa shape index (κ3) is 5.62. The second kappa shape index (κ2) is 8.31. The number of anilines is 1. The van der Waals surface area contributed by atoms with E-state index in [9.17, 15) is 14.0 Å². The number of carbonyl (C=O) groups is 2. The molecule has 1 atom stereocenters. The van der Waals surface area contributed by atoms with Crippen molar-refractivity contribution in [3.05, 3.63) is 65.0 Å². The number of quaternary nitrogens is 1. The number of hydrogen-bond donors (Lipinski definition) is 3. The zero-order valence-electron chi connectivity index (χ0n) is 15.6. The molecule has 1 aliphatic rings. The van der Waals surface area contributed by atoms with Crippen LogP contribution >= 0.6 is 0 Å². The predicted octanol–water partition coefficient (Wildman–Crippen LogP) is 2.34. The summed E-state index contributed by atoms with van der Waals surface area (Å²) in [5, 5.41) is 5.13. The molecule has 0 radical (unpaired) electrons. The first kappa shape index (κ1) is 19.0. The molecule has 0 heterocycles. The zero-order chi connectivity index (χ0) is 19.4. The molecule has 27 heavy (non-hydrogen) atoms. The molecule has 1 unspecified atom stereocenters. The van der Waals surface area contributed by atoms with Crippen molar-refractivity contribution in [1.29, 1.82) is 0 Å². The van der Waals surface area contributed by atoms with E-state index in [4.69, 9.17) is 0 Å². The standard InChI is InChI=1S/C21H24FN3O2/c1-14-3-10-19(15(2)11-14)23-21(27)24-20(26)13-25(18-8-9-18)12-16-4-6-17(22)7-5-16/h3-7,10-11,18H,8-9,12-13H2,1-2H3,(H2,23,24,26,27)/p+1. The van der Waals surface area contributed by atoms with Crippen LogP contribution in [0.1, 0.15) is 29.5 Å². The van der Waals surface area contributed by atoms with Crippen molar-refractivity contribution in [3.63, 3.8) is 0 Å². The Balaban J connectivity index is 1.54. The summed E-state index contributed by atoms with van der Waals surface area (Å²) in [5.41, 5.74) is 3.72. The van der Waals surface area contributed by atoms with Crippen molar-refractivity contribution < 1.29 is 18.9 Å². The number of halogens is 1. The minimum Gasteiger partial charge on any atom is -0.321 e. The van der Waals surface area contributed by atoms with E-state index in [0.29, 0.717) is 18.3 Å². The molecule has 2 aromatic carbocycles. The van der Waals surface area contributed by atoms with Crippen LogP contribution in [0.2, 0.25) is 0 Å². The van der Waals surface area contributed by atoms with E-state index in [1.165, 1.54) is 12.1 Å². The summed E-state index contributed by atoms with van der Waals surface area (Å²) in [5.74, 6) is -0.589. The molecule has 3 rings (SSSR count). The summed E-state index contributed by atoms with van der Waals surface area (Å²) in [7, 11) is 0. The van der Waals surface area contributed by atoms with Crippen molar-refractivity contribution in [1.82, 2.24) is 5.32 Å². The number of benzene rings is 2. The molecule has 3 N–H and O–H groups in total. The highest BCUT2D eigenvalue weighted by molar-refractivity contribution is 6.01. The fraction of sp³-hybridized carbons (Fsp3) is 0.333. The van der Waals surface area contributed by atoms with Crippen LogP contribution in [0.4, 0.5) is 14.9 Å². The van der Waals surface area contributed by atoms with E-state index in [-0.39, 0.29) is 18.3 Å². The number of urea groups is 1. The minimum absolute atomic E-state index is 0.211. The Bertz CT molecular complexity index is 832. The quantitative estimate of drug-likeness (QED) is 0.731. The van der Waals surface area contributed by atoms with Crippen molar-refractivity contribution in [3.8, 4) is 0 Å². The number of aryl methyl sites for hydroxylation is 2. The highest BCUT2D eigenvalue weighted by atomic mass is 19.1. The van der Waals surface area contributed by atoms with Gasteiger partial charge in [0, 0.05) is 24.1 Å². The number of rotatable bonds is 6. The van der Waals surface area contributed by atoms with Crippen LogP contribution in [0.15, 0.2) is 42.5 Å². The molecule has 0 aliphatic heterocycles. The van der Waals surface area contributed by atoms with Crippen LogP contribution in [0.3, 0.4) is 0 Å². The lowest BCUT2D eigenvalue weighted by Crippen LogP contribution is -3.13. The molecule has 0 aromatic heterocycles. The maximum atomic E-state index is 13.1. The molecule has 3 amide bonds. The molecule has 0 spiro atoms. The van der Waals surface area contributed by atoms with Gasteiger partial charge in [0.2, 0.25) is 0 Å². The fourth-order valence-electron chi connectivity index (χ4n) is 3.19. The molecule has 2 aromatic rings. The van der Waals surface area contributed by atoms with Gasteiger partial charge in [0.15, 0.2) is 6.54 Å². The van der Waals surface area contributed by atoms with Crippen molar-refractivity contribution in [2.75, 3.05) is 11.9 Å². The van der Waals surface area contributed by atoms with Gasteiger partial charge in [0.05, 0.1) is 6.04 Å². The Labute approximate surface area is 158 Å². The van der Waals surface area contributed by atoms with Gasteiger partial charge >= 0.3 is 6.03 Å². The summed E-state index contributed by atoms with van der Waals surface area (Å²) in [6, 6.07) is 11.9. The molecule has 1 aliphatic carbocycles. The lowest BCUT2D eigenvalue weighted by Gasteiger charge is -2.19. The maximum absolute atomic E-state index is 13.1. The Morgan fingerprint density at radius 1 is 1.11 bits per heavy atom. The van der Waals surface area contributed by atoms with Crippen LogP contribution in [-0.2, 0) is 11.3 Å². The van der Waals surface area contributed by atoms with Crippen LogP contribution in [0.25, 0.3) is 0 Å². The Morgan fingerprint density at radius 3 is 2.44 bits per heavy atom. The molecule has 142 valence electrons. The Morgan fingerprint density at radius 2 is 1.81 bits per heavy atom.